The van der Waals surface area contributed by atoms with Gasteiger partial charge in [-0.1, -0.05) is 36.4 Å². The van der Waals surface area contributed by atoms with Crippen LogP contribution in [0.15, 0.2) is 71.6 Å². The summed E-state index contributed by atoms with van der Waals surface area (Å²) in [5, 5.41) is 4.45. The standard InChI is InChI=1S/C23H25N3O5S/c1-26(16-22(27)25-19-8-5-9-20(15-19)31-2)23(28)12-13-24-32(29,30)21-11-10-17-6-3-4-7-18(17)14-21/h3-11,14-15,24H,12-13,16H2,1-2H3,(H,25,27). The van der Waals surface area contributed by atoms with Crippen molar-refractivity contribution in [2.45, 2.75) is 11.3 Å². The van der Waals surface area contributed by atoms with Crippen LogP contribution in [0.3, 0.4) is 0 Å². The predicted molar refractivity (Wildman–Crippen MR) is 123 cm³/mol. The molecule has 2 amide bonds. The molecule has 0 atom stereocenters. The molecule has 0 aliphatic heterocycles. The molecule has 0 saturated heterocycles. The Hall–Kier alpha value is -3.43. The van der Waals surface area contributed by atoms with E-state index in [2.05, 4.69) is 10.0 Å². The van der Waals surface area contributed by atoms with E-state index in [-0.39, 0.29) is 36.2 Å². The van der Waals surface area contributed by atoms with E-state index in [4.69, 9.17) is 4.74 Å². The summed E-state index contributed by atoms with van der Waals surface area (Å²) >= 11 is 0. The number of carbonyl (C=O) groups excluding carboxylic acids is 2. The first-order valence-electron chi connectivity index (χ1n) is 9.95. The summed E-state index contributed by atoms with van der Waals surface area (Å²) in [6, 6.07) is 19.2. The molecular formula is C23H25N3O5S. The number of amides is 2. The lowest BCUT2D eigenvalue weighted by molar-refractivity contribution is -0.133. The number of hydrogen-bond donors (Lipinski definition) is 2. The fourth-order valence-corrected chi connectivity index (χ4v) is 4.17. The summed E-state index contributed by atoms with van der Waals surface area (Å²) in [7, 11) is -0.735. The van der Waals surface area contributed by atoms with Crippen molar-refractivity contribution in [3.05, 3.63) is 66.7 Å². The lowest BCUT2D eigenvalue weighted by Crippen LogP contribution is -2.37. The number of benzene rings is 3. The van der Waals surface area contributed by atoms with Crippen LogP contribution in [-0.2, 0) is 19.6 Å². The summed E-state index contributed by atoms with van der Waals surface area (Å²) in [6.45, 7) is -0.233. The highest BCUT2D eigenvalue weighted by atomic mass is 32.2. The summed E-state index contributed by atoms with van der Waals surface area (Å²) < 4.78 is 32.7. The highest BCUT2D eigenvalue weighted by Crippen LogP contribution is 2.19. The van der Waals surface area contributed by atoms with Gasteiger partial charge in [0.2, 0.25) is 21.8 Å². The van der Waals surface area contributed by atoms with Gasteiger partial charge >= 0.3 is 0 Å². The van der Waals surface area contributed by atoms with Gasteiger partial charge in [0.25, 0.3) is 0 Å². The van der Waals surface area contributed by atoms with Crippen molar-refractivity contribution in [1.82, 2.24) is 9.62 Å². The Labute approximate surface area is 187 Å². The second-order valence-corrected chi connectivity index (χ2v) is 8.95. The van der Waals surface area contributed by atoms with E-state index in [0.29, 0.717) is 11.4 Å². The van der Waals surface area contributed by atoms with Gasteiger partial charge in [-0.25, -0.2) is 13.1 Å². The van der Waals surface area contributed by atoms with Crippen LogP contribution < -0.4 is 14.8 Å². The molecule has 8 nitrogen and oxygen atoms in total. The van der Waals surface area contributed by atoms with E-state index in [0.717, 1.165) is 10.8 Å². The van der Waals surface area contributed by atoms with Crippen LogP contribution in [0.2, 0.25) is 0 Å². The molecule has 0 bridgehead atoms. The third-order valence-electron chi connectivity index (χ3n) is 4.82. The second kappa shape index (κ2) is 10.3. The molecule has 0 saturated carbocycles. The molecule has 32 heavy (non-hydrogen) atoms. The fourth-order valence-electron chi connectivity index (χ4n) is 3.11. The van der Waals surface area contributed by atoms with E-state index < -0.39 is 10.0 Å². The predicted octanol–water partition coefficient (Wildman–Crippen LogP) is 2.61. The van der Waals surface area contributed by atoms with Gasteiger partial charge in [0.15, 0.2) is 0 Å². The van der Waals surface area contributed by atoms with Crippen molar-refractivity contribution in [2.24, 2.45) is 0 Å². The number of anilines is 1. The van der Waals surface area contributed by atoms with Gasteiger partial charge in [0, 0.05) is 31.8 Å². The lowest BCUT2D eigenvalue weighted by atomic mass is 10.1. The van der Waals surface area contributed by atoms with Crippen molar-refractivity contribution in [1.29, 1.82) is 0 Å². The molecule has 0 fully saturated rings. The highest BCUT2D eigenvalue weighted by molar-refractivity contribution is 7.89. The lowest BCUT2D eigenvalue weighted by Gasteiger charge is -2.17. The average molecular weight is 456 g/mol. The van der Waals surface area contributed by atoms with Crippen LogP contribution in [0, 0.1) is 0 Å². The minimum atomic E-state index is -3.76. The zero-order valence-electron chi connectivity index (χ0n) is 17.9. The van der Waals surface area contributed by atoms with Crippen LogP contribution in [-0.4, -0.2) is 52.4 Å². The number of ether oxygens (including phenoxy) is 1. The number of fused-ring (bicyclic) bond motifs is 1. The zero-order valence-corrected chi connectivity index (χ0v) is 18.7. The minimum Gasteiger partial charge on any atom is -0.497 e. The van der Waals surface area contributed by atoms with Gasteiger partial charge < -0.3 is 15.0 Å². The maximum Gasteiger partial charge on any atom is 0.243 e. The summed E-state index contributed by atoms with van der Waals surface area (Å²) in [5.74, 6) is -0.122. The molecule has 0 aliphatic rings. The van der Waals surface area contributed by atoms with Crippen molar-refractivity contribution in [3.8, 4) is 5.75 Å². The van der Waals surface area contributed by atoms with Gasteiger partial charge in [0.05, 0.1) is 18.6 Å². The quantitative estimate of drug-likeness (QED) is 0.516. The number of hydrogen-bond acceptors (Lipinski definition) is 5. The number of carbonyl (C=O) groups is 2. The van der Waals surface area contributed by atoms with Gasteiger partial charge in [0.1, 0.15) is 5.75 Å². The number of methoxy groups -OCH3 is 1. The zero-order chi connectivity index (χ0) is 23.1. The Morgan fingerprint density at radius 1 is 0.969 bits per heavy atom. The van der Waals surface area contributed by atoms with E-state index >= 15 is 0 Å². The normalized spacial score (nSPS) is 11.2. The second-order valence-electron chi connectivity index (χ2n) is 7.19. The first-order valence-corrected chi connectivity index (χ1v) is 11.4. The highest BCUT2D eigenvalue weighted by Gasteiger charge is 2.17. The molecule has 2 N–H and O–H groups in total. The smallest absolute Gasteiger partial charge is 0.243 e. The monoisotopic (exact) mass is 455 g/mol. The molecule has 3 rings (SSSR count). The maximum absolute atomic E-state index is 12.6. The minimum absolute atomic E-state index is 0.0736. The van der Waals surface area contributed by atoms with E-state index in [1.807, 2.05) is 24.3 Å². The van der Waals surface area contributed by atoms with Crippen LogP contribution in [0.25, 0.3) is 10.8 Å². The van der Waals surface area contributed by atoms with Crippen LogP contribution in [0.4, 0.5) is 5.69 Å². The first-order chi connectivity index (χ1) is 15.3. The number of nitrogens with zero attached hydrogens (tertiary/aromatic N) is 1. The third-order valence-corrected chi connectivity index (χ3v) is 6.28. The van der Waals surface area contributed by atoms with Gasteiger partial charge in [-0.3, -0.25) is 9.59 Å². The molecule has 9 heteroatoms. The molecular weight excluding hydrogens is 430 g/mol. The summed E-state index contributed by atoms with van der Waals surface area (Å²) in [6.07, 6.45) is -0.0737. The van der Waals surface area contributed by atoms with Crippen molar-refractivity contribution < 1.29 is 22.7 Å². The number of rotatable bonds is 9. The Bertz CT molecular complexity index is 1230. The molecule has 0 aliphatic carbocycles. The van der Waals surface area contributed by atoms with E-state index in [1.54, 1.807) is 36.4 Å². The van der Waals surface area contributed by atoms with Crippen molar-refractivity contribution in [2.75, 3.05) is 32.6 Å². The van der Waals surface area contributed by atoms with Crippen molar-refractivity contribution >= 4 is 38.3 Å². The SMILES string of the molecule is COc1cccc(NC(=O)CN(C)C(=O)CCNS(=O)(=O)c2ccc3ccccc3c2)c1. The summed E-state index contributed by atoms with van der Waals surface area (Å²) in [4.78, 5) is 25.9. The molecule has 0 aromatic heterocycles. The summed E-state index contributed by atoms with van der Waals surface area (Å²) in [5.41, 5.74) is 0.554. The van der Waals surface area contributed by atoms with Gasteiger partial charge in [-0.2, -0.15) is 0 Å². The average Bonchev–Trinajstić information content (AvgIpc) is 2.78. The third kappa shape index (κ3) is 6.05. The largest absolute Gasteiger partial charge is 0.497 e. The fraction of sp³-hybridized carbons (Fsp3) is 0.217. The Morgan fingerprint density at radius 3 is 2.47 bits per heavy atom. The molecule has 0 spiro atoms. The molecule has 168 valence electrons. The van der Waals surface area contributed by atoms with Crippen LogP contribution in [0.1, 0.15) is 6.42 Å². The topological polar surface area (TPSA) is 105 Å². The number of nitrogens with one attached hydrogen (secondary N) is 2. The Balaban J connectivity index is 1.50. The van der Waals surface area contributed by atoms with Gasteiger partial charge in [-0.15, -0.1) is 0 Å². The van der Waals surface area contributed by atoms with E-state index in [1.165, 1.54) is 25.1 Å². The number of sulfonamides is 1. The van der Waals surface area contributed by atoms with E-state index in [9.17, 15) is 18.0 Å². The molecule has 3 aromatic rings. The van der Waals surface area contributed by atoms with Crippen LogP contribution >= 0.6 is 0 Å². The maximum atomic E-state index is 12.6. The number of likely N-dealkylation sites (N-methyl/N-ethyl adjacent to an activating group) is 1. The van der Waals surface area contributed by atoms with Gasteiger partial charge in [-0.05, 0) is 35.0 Å². The Morgan fingerprint density at radius 2 is 1.72 bits per heavy atom. The molecule has 0 radical (unpaired) electrons. The van der Waals surface area contributed by atoms with Crippen LogP contribution in [0.5, 0.6) is 5.75 Å². The first kappa shape index (κ1) is 23.2. The van der Waals surface area contributed by atoms with Crippen molar-refractivity contribution in [3.63, 3.8) is 0 Å². The molecule has 3 aromatic carbocycles. The molecule has 0 heterocycles. The molecule has 0 unspecified atom stereocenters. The Kier molecular flexibility index (Phi) is 7.45.